The molecule has 184 valence electrons. The molecule has 9 heteroatoms. The summed E-state index contributed by atoms with van der Waals surface area (Å²) < 4.78 is 11.5. The van der Waals surface area contributed by atoms with Crippen LogP contribution < -0.4 is 20.1 Å². The average Bonchev–Trinajstić information content (AvgIpc) is 2.85. The number of amides is 2. The van der Waals surface area contributed by atoms with E-state index >= 15 is 0 Å². The van der Waals surface area contributed by atoms with Gasteiger partial charge in [-0.3, -0.25) is 9.59 Å². The first kappa shape index (κ1) is 26.8. The molecule has 0 saturated carbocycles. The van der Waals surface area contributed by atoms with Crippen molar-refractivity contribution in [2.45, 2.75) is 13.8 Å². The molecule has 0 atom stereocenters. The first-order valence-corrected chi connectivity index (χ1v) is 12.1. The van der Waals surface area contributed by atoms with Gasteiger partial charge in [-0.2, -0.15) is 5.26 Å². The zero-order valence-corrected chi connectivity index (χ0v) is 21.9. The van der Waals surface area contributed by atoms with E-state index in [4.69, 9.17) is 21.1 Å². The molecule has 3 rings (SSSR count). The SMILES string of the molecule is CCOc1ccc(NC(=O)/C(C#N)=C/c2ccc(OCC(=O)Nc3ccc(C)c(Cl)c3)c(Br)c2)cc1. The van der Waals surface area contributed by atoms with Gasteiger partial charge < -0.3 is 20.1 Å². The maximum Gasteiger partial charge on any atom is 0.266 e. The molecule has 7 nitrogen and oxygen atoms in total. The molecule has 0 aromatic heterocycles. The summed E-state index contributed by atoms with van der Waals surface area (Å²) in [6.07, 6.45) is 1.46. The van der Waals surface area contributed by atoms with E-state index in [1.807, 2.05) is 26.0 Å². The number of nitrogens with zero attached hydrogens (tertiary/aromatic N) is 1. The Hall–Kier alpha value is -3.80. The van der Waals surface area contributed by atoms with Crippen LogP contribution in [-0.4, -0.2) is 25.0 Å². The fraction of sp³-hybridized carbons (Fsp3) is 0.148. The molecular weight excluding hydrogens is 546 g/mol. The molecule has 2 N–H and O–H groups in total. The molecule has 0 saturated heterocycles. The topological polar surface area (TPSA) is 100 Å². The highest BCUT2D eigenvalue weighted by molar-refractivity contribution is 9.10. The van der Waals surface area contributed by atoms with Crippen LogP contribution in [0.4, 0.5) is 11.4 Å². The van der Waals surface area contributed by atoms with Gasteiger partial charge in [0.2, 0.25) is 0 Å². The van der Waals surface area contributed by atoms with Crippen LogP contribution in [0.25, 0.3) is 6.08 Å². The first-order chi connectivity index (χ1) is 17.3. The van der Waals surface area contributed by atoms with E-state index in [-0.39, 0.29) is 18.1 Å². The summed E-state index contributed by atoms with van der Waals surface area (Å²) in [6.45, 7) is 4.09. The van der Waals surface area contributed by atoms with Crippen molar-refractivity contribution in [3.05, 3.63) is 86.9 Å². The minimum atomic E-state index is -0.536. The van der Waals surface area contributed by atoms with Gasteiger partial charge in [0.15, 0.2) is 6.61 Å². The van der Waals surface area contributed by atoms with Crippen LogP contribution in [0.1, 0.15) is 18.1 Å². The minimum Gasteiger partial charge on any atom is -0.494 e. The second-order valence-electron chi connectivity index (χ2n) is 7.57. The van der Waals surface area contributed by atoms with Gasteiger partial charge in [0.25, 0.3) is 11.8 Å². The lowest BCUT2D eigenvalue weighted by molar-refractivity contribution is -0.118. The number of nitriles is 1. The van der Waals surface area contributed by atoms with Crippen molar-refractivity contribution in [3.8, 4) is 17.6 Å². The molecule has 0 heterocycles. The van der Waals surface area contributed by atoms with Crippen molar-refractivity contribution in [1.82, 2.24) is 0 Å². The number of ether oxygens (including phenoxy) is 2. The highest BCUT2D eigenvalue weighted by Gasteiger charge is 2.12. The normalized spacial score (nSPS) is 10.8. The van der Waals surface area contributed by atoms with Gasteiger partial charge in [-0.25, -0.2) is 0 Å². The van der Waals surface area contributed by atoms with E-state index in [0.717, 1.165) is 5.56 Å². The minimum absolute atomic E-state index is 0.0689. The van der Waals surface area contributed by atoms with Crippen molar-refractivity contribution in [2.24, 2.45) is 0 Å². The number of halogens is 2. The maximum absolute atomic E-state index is 12.6. The smallest absolute Gasteiger partial charge is 0.266 e. The lowest BCUT2D eigenvalue weighted by atomic mass is 10.1. The molecule has 0 radical (unpaired) electrons. The van der Waals surface area contributed by atoms with Crippen LogP contribution in [-0.2, 0) is 9.59 Å². The standard InChI is InChI=1S/C27H23BrClN3O4/c1-3-35-22-9-7-20(8-10-22)32-27(34)19(15-30)12-18-5-11-25(23(28)13-18)36-16-26(33)31-21-6-4-17(2)24(29)14-21/h4-14H,3,16H2,1-2H3,(H,31,33)(H,32,34)/b19-12+. The Bertz CT molecular complexity index is 1330. The third kappa shape index (κ3) is 7.60. The number of nitrogens with one attached hydrogen (secondary N) is 2. The molecule has 0 aliphatic heterocycles. The monoisotopic (exact) mass is 567 g/mol. The maximum atomic E-state index is 12.6. The van der Waals surface area contributed by atoms with Crippen molar-refractivity contribution in [2.75, 3.05) is 23.8 Å². The Balaban J connectivity index is 1.61. The zero-order valence-electron chi connectivity index (χ0n) is 19.6. The number of anilines is 2. The highest BCUT2D eigenvalue weighted by Crippen LogP contribution is 2.27. The summed E-state index contributed by atoms with van der Waals surface area (Å²) in [5.74, 6) is 0.242. The molecule has 0 fully saturated rings. The molecule has 0 unspecified atom stereocenters. The number of benzene rings is 3. The molecule has 3 aromatic carbocycles. The Morgan fingerprint density at radius 2 is 1.75 bits per heavy atom. The van der Waals surface area contributed by atoms with E-state index in [1.54, 1.807) is 54.6 Å². The van der Waals surface area contributed by atoms with Crippen molar-refractivity contribution < 1.29 is 19.1 Å². The zero-order chi connectivity index (χ0) is 26.1. The number of rotatable bonds is 9. The van der Waals surface area contributed by atoms with Crippen LogP contribution in [0.2, 0.25) is 5.02 Å². The van der Waals surface area contributed by atoms with Gasteiger partial charge in [-0.15, -0.1) is 0 Å². The fourth-order valence-electron chi connectivity index (χ4n) is 3.05. The van der Waals surface area contributed by atoms with Crippen molar-refractivity contribution >= 4 is 56.8 Å². The fourth-order valence-corrected chi connectivity index (χ4v) is 3.74. The molecule has 0 aliphatic carbocycles. The summed E-state index contributed by atoms with van der Waals surface area (Å²) in [6, 6.07) is 19.1. The van der Waals surface area contributed by atoms with Crippen molar-refractivity contribution in [3.63, 3.8) is 0 Å². The second kappa shape index (κ2) is 12.8. The predicted octanol–water partition coefficient (Wildman–Crippen LogP) is 6.37. The molecule has 0 aliphatic rings. The van der Waals surface area contributed by atoms with Crippen LogP contribution >= 0.6 is 27.5 Å². The third-order valence-electron chi connectivity index (χ3n) is 4.87. The van der Waals surface area contributed by atoms with Gasteiger partial charge >= 0.3 is 0 Å². The van der Waals surface area contributed by atoms with E-state index in [2.05, 4.69) is 26.6 Å². The molecule has 0 spiro atoms. The summed E-state index contributed by atoms with van der Waals surface area (Å²) in [7, 11) is 0. The van der Waals surface area contributed by atoms with Crippen LogP contribution in [0, 0.1) is 18.3 Å². The molecule has 2 amide bonds. The number of carbonyl (C=O) groups excluding carboxylic acids is 2. The van der Waals surface area contributed by atoms with Crippen LogP contribution in [0.5, 0.6) is 11.5 Å². The van der Waals surface area contributed by atoms with Gasteiger partial charge in [-0.05, 0) is 95.5 Å². The Morgan fingerprint density at radius 3 is 2.39 bits per heavy atom. The number of aryl methyl sites for hydroxylation is 1. The van der Waals surface area contributed by atoms with E-state index in [1.165, 1.54) is 6.08 Å². The molecule has 3 aromatic rings. The largest absolute Gasteiger partial charge is 0.494 e. The summed E-state index contributed by atoms with van der Waals surface area (Å²) in [5.41, 5.74) is 2.57. The second-order valence-corrected chi connectivity index (χ2v) is 8.83. The van der Waals surface area contributed by atoms with Gasteiger partial charge in [0, 0.05) is 16.4 Å². The first-order valence-electron chi connectivity index (χ1n) is 10.9. The van der Waals surface area contributed by atoms with Crippen LogP contribution in [0.3, 0.4) is 0 Å². The lowest BCUT2D eigenvalue weighted by Gasteiger charge is -2.10. The predicted molar refractivity (Wildman–Crippen MR) is 144 cm³/mol. The Kier molecular flexibility index (Phi) is 9.51. The molecular formula is C27H23BrClN3O4. The number of carbonyl (C=O) groups is 2. The summed E-state index contributed by atoms with van der Waals surface area (Å²) in [5, 5.41) is 15.5. The lowest BCUT2D eigenvalue weighted by Crippen LogP contribution is -2.20. The van der Waals surface area contributed by atoms with E-state index in [9.17, 15) is 14.9 Å². The quantitative estimate of drug-likeness (QED) is 0.231. The Morgan fingerprint density at radius 1 is 1.03 bits per heavy atom. The molecule has 36 heavy (non-hydrogen) atoms. The van der Waals surface area contributed by atoms with Gasteiger partial charge in [0.05, 0.1) is 11.1 Å². The van der Waals surface area contributed by atoms with E-state index in [0.29, 0.717) is 44.5 Å². The Labute approximate surface area is 222 Å². The number of hydrogen-bond acceptors (Lipinski definition) is 5. The summed E-state index contributed by atoms with van der Waals surface area (Å²) >= 11 is 9.49. The van der Waals surface area contributed by atoms with E-state index < -0.39 is 5.91 Å². The number of hydrogen-bond donors (Lipinski definition) is 2. The summed E-state index contributed by atoms with van der Waals surface area (Å²) in [4.78, 5) is 24.8. The van der Waals surface area contributed by atoms with Gasteiger partial charge in [-0.1, -0.05) is 23.7 Å². The van der Waals surface area contributed by atoms with Crippen molar-refractivity contribution in [1.29, 1.82) is 5.26 Å². The van der Waals surface area contributed by atoms with Crippen LogP contribution in [0.15, 0.2) is 70.7 Å². The third-order valence-corrected chi connectivity index (χ3v) is 5.90. The molecule has 0 bridgehead atoms. The average molecular weight is 569 g/mol. The van der Waals surface area contributed by atoms with Gasteiger partial charge in [0.1, 0.15) is 23.1 Å². The highest BCUT2D eigenvalue weighted by atomic mass is 79.9.